The van der Waals surface area contributed by atoms with Gasteiger partial charge in [-0.1, -0.05) is 0 Å². The number of nitrogens with zero attached hydrogens (tertiary/aromatic N) is 2. The van der Waals surface area contributed by atoms with Crippen LogP contribution in [0.4, 0.5) is 0 Å². The average molecular weight is 433 g/mol. The second-order valence-corrected chi connectivity index (χ2v) is 6.95. The van der Waals surface area contributed by atoms with E-state index in [0.717, 1.165) is 27.1 Å². The molecule has 3 rings (SSSR count). The van der Waals surface area contributed by atoms with E-state index in [2.05, 4.69) is 21.0 Å². The molecule has 1 amide bonds. The van der Waals surface area contributed by atoms with E-state index < -0.39 is 0 Å². The van der Waals surface area contributed by atoms with Crippen molar-refractivity contribution in [2.75, 3.05) is 21.3 Å². The third kappa shape index (κ3) is 3.78. The van der Waals surface area contributed by atoms with Crippen molar-refractivity contribution in [3.63, 3.8) is 0 Å². The van der Waals surface area contributed by atoms with Gasteiger partial charge in [-0.15, -0.1) is 0 Å². The summed E-state index contributed by atoms with van der Waals surface area (Å²) in [6.07, 6.45) is 0.605. The summed E-state index contributed by atoms with van der Waals surface area (Å²) in [7, 11) is 4.81. The lowest BCUT2D eigenvalue weighted by Gasteiger charge is -2.22. The number of amides is 1. The number of carbonyl (C=O) groups excluding carboxylic acids is 1. The molecule has 0 aliphatic carbocycles. The summed E-state index contributed by atoms with van der Waals surface area (Å²) in [6.45, 7) is 1.52. The molecule has 27 heavy (non-hydrogen) atoms. The minimum absolute atomic E-state index is 0.116. The van der Waals surface area contributed by atoms with Gasteiger partial charge in [0.1, 0.15) is 5.75 Å². The molecule has 0 N–H and O–H groups in total. The van der Waals surface area contributed by atoms with Crippen LogP contribution in [0.1, 0.15) is 30.5 Å². The quantitative estimate of drug-likeness (QED) is 0.710. The fourth-order valence-corrected chi connectivity index (χ4v) is 3.77. The molecule has 2 aromatic carbocycles. The normalized spacial score (nSPS) is 16.1. The number of rotatable bonds is 5. The molecule has 2 aromatic rings. The molecule has 0 aromatic heterocycles. The first-order valence-corrected chi connectivity index (χ1v) is 9.21. The van der Waals surface area contributed by atoms with Crippen LogP contribution in [0.15, 0.2) is 46.0 Å². The smallest absolute Gasteiger partial charge is 0.240 e. The van der Waals surface area contributed by atoms with E-state index >= 15 is 0 Å². The Morgan fingerprint density at radius 1 is 1.11 bits per heavy atom. The summed E-state index contributed by atoms with van der Waals surface area (Å²) in [4.78, 5) is 12.2. The molecule has 0 saturated carbocycles. The number of ether oxygens (including phenoxy) is 3. The topological polar surface area (TPSA) is 60.4 Å². The molecule has 0 unspecified atom stereocenters. The number of methoxy groups -OCH3 is 3. The second kappa shape index (κ2) is 8.00. The van der Waals surface area contributed by atoms with Gasteiger partial charge in [0.2, 0.25) is 5.91 Å². The lowest BCUT2D eigenvalue weighted by Crippen LogP contribution is -2.24. The van der Waals surface area contributed by atoms with E-state index in [1.54, 1.807) is 21.3 Å². The highest BCUT2D eigenvalue weighted by atomic mass is 79.9. The first-order valence-electron chi connectivity index (χ1n) is 8.41. The van der Waals surface area contributed by atoms with E-state index in [-0.39, 0.29) is 11.9 Å². The molecule has 1 heterocycles. The number of benzene rings is 2. The van der Waals surface area contributed by atoms with E-state index in [1.807, 2.05) is 36.4 Å². The van der Waals surface area contributed by atoms with Gasteiger partial charge in [0.25, 0.3) is 0 Å². The van der Waals surface area contributed by atoms with Gasteiger partial charge in [0, 0.05) is 13.3 Å². The van der Waals surface area contributed by atoms with Crippen molar-refractivity contribution in [3.05, 3.63) is 52.0 Å². The molecule has 1 aliphatic rings. The van der Waals surface area contributed by atoms with Crippen molar-refractivity contribution in [2.45, 2.75) is 19.4 Å². The fourth-order valence-electron chi connectivity index (χ4n) is 3.15. The van der Waals surface area contributed by atoms with E-state index in [9.17, 15) is 4.79 Å². The molecular formula is C20H21BrN2O4. The van der Waals surface area contributed by atoms with Crippen molar-refractivity contribution in [2.24, 2.45) is 5.10 Å². The Kier molecular flexibility index (Phi) is 5.70. The van der Waals surface area contributed by atoms with Gasteiger partial charge < -0.3 is 14.2 Å². The minimum Gasteiger partial charge on any atom is -0.497 e. The highest BCUT2D eigenvalue weighted by Crippen LogP contribution is 2.41. The van der Waals surface area contributed by atoms with Crippen LogP contribution >= 0.6 is 15.9 Å². The van der Waals surface area contributed by atoms with E-state index in [0.29, 0.717) is 17.9 Å². The number of hydrazone groups is 1. The zero-order chi connectivity index (χ0) is 19.6. The zero-order valence-corrected chi connectivity index (χ0v) is 17.2. The molecule has 0 fully saturated rings. The van der Waals surface area contributed by atoms with Gasteiger partial charge in [-0.3, -0.25) is 4.79 Å². The molecule has 1 aliphatic heterocycles. The summed E-state index contributed by atoms with van der Waals surface area (Å²) in [5, 5.41) is 6.09. The third-order valence-electron chi connectivity index (χ3n) is 4.50. The summed E-state index contributed by atoms with van der Waals surface area (Å²) in [5.41, 5.74) is 2.73. The minimum atomic E-state index is -0.212. The van der Waals surface area contributed by atoms with Crippen molar-refractivity contribution in [1.82, 2.24) is 5.01 Å². The van der Waals surface area contributed by atoms with Gasteiger partial charge in [-0.2, -0.15) is 5.10 Å². The number of hydrogen-bond acceptors (Lipinski definition) is 5. The van der Waals surface area contributed by atoms with Gasteiger partial charge in [-0.05, 0) is 63.5 Å². The molecule has 0 bridgehead atoms. The van der Waals surface area contributed by atoms with Gasteiger partial charge in [0.05, 0.1) is 37.6 Å². The Labute approximate surface area is 166 Å². The Morgan fingerprint density at radius 2 is 1.81 bits per heavy atom. The number of halogens is 1. The van der Waals surface area contributed by atoms with Crippen LogP contribution in [0.5, 0.6) is 17.2 Å². The van der Waals surface area contributed by atoms with Crippen molar-refractivity contribution < 1.29 is 19.0 Å². The lowest BCUT2D eigenvalue weighted by molar-refractivity contribution is -0.130. The maximum absolute atomic E-state index is 12.2. The first kappa shape index (κ1) is 19.2. The highest BCUT2D eigenvalue weighted by Gasteiger charge is 2.32. The predicted molar refractivity (Wildman–Crippen MR) is 107 cm³/mol. The Bertz CT molecular complexity index is 880. The van der Waals surface area contributed by atoms with Gasteiger partial charge in [0.15, 0.2) is 11.5 Å². The Balaban J connectivity index is 1.97. The third-order valence-corrected chi connectivity index (χ3v) is 5.09. The number of carbonyl (C=O) groups is 1. The van der Waals surface area contributed by atoms with Crippen LogP contribution in [-0.2, 0) is 4.79 Å². The van der Waals surface area contributed by atoms with Crippen LogP contribution in [0.25, 0.3) is 0 Å². The molecule has 0 saturated heterocycles. The molecule has 0 radical (unpaired) electrons. The average Bonchev–Trinajstić information content (AvgIpc) is 3.13. The molecular weight excluding hydrogens is 412 g/mol. The maximum Gasteiger partial charge on any atom is 0.240 e. The van der Waals surface area contributed by atoms with Crippen LogP contribution in [-0.4, -0.2) is 38.0 Å². The van der Waals surface area contributed by atoms with Gasteiger partial charge >= 0.3 is 0 Å². The summed E-state index contributed by atoms with van der Waals surface area (Å²) in [6, 6.07) is 11.3. The van der Waals surface area contributed by atoms with E-state index in [1.165, 1.54) is 11.9 Å². The van der Waals surface area contributed by atoms with Crippen molar-refractivity contribution in [3.8, 4) is 17.2 Å². The molecule has 142 valence electrons. The highest BCUT2D eigenvalue weighted by molar-refractivity contribution is 9.10. The summed E-state index contributed by atoms with van der Waals surface area (Å²) >= 11 is 3.52. The largest absolute Gasteiger partial charge is 0.497 e. The Hall–Kier alpha value is -2.54. The van der Waals surface area contributed by atoms with Crippen LogP contribution in [0.3, 0.4) is 0 Å². The lowest BCUT2D eigenvalue weighted by atomic mass is 9.98. The Morgan fingerprint density at radius 3 is 2.37 bits per heavy atom. The SMILES string of the molecule is COc1ccc(C2=NN(C(C)=O)[C@H](c3cc(Br)c(OC)c(OC)c3)C2)cc1. The standard InChI is InChI=1S/C20H21BrN2O4/c1-12(24)23-18(14-9-16(21)20(27-4)19(10-14)26-3)11-17(22-23)13-5-7-15(25-2)8-6-13/h5-10,18H,11H2,1-4H3/t18-/m0/s1. The van der Waals surface area contributed by atoms with Crippen LogP contribution in [0.2, 0.25) is 0 Å². The predicted octanol–water partition coefficient (Wildman–Crippen LogP) is 4.17. The van der Waals surface area contributed by atoms with Crippen LogP contribution < -0.4 is 14.2 Å². The molecule has 7 heteroatoms. The first-order chi connectivity index (χ1) is 13.0. The maximum atomic E-state index is 12.2. The fraction of sp³-hybridized carbons (Fsp3) is 0.300. The zero-order valence-electron chi connectivity index (χ0n) is 15.7. The number of hydrogen-bond donors (Lipinski definition) is 0. The second-order valence-electron chi connectivity index (χ2n) is 6.10. The van der Waals surface area contributed by atoms with E-state index in [4.69, 9.17) is 14.2 Å². The molecule has 1 atom stereocenters. The molecule has 0 spiro atoms. The monoisotopic (exact) mass is 432 g/mol. The summed E-state index contributed by atoms with van der Waals surface area (Å²) in [5.74, 6) is 1.88. The summed E-state index contributed by atoms with van der Waals surface area (Å²) < 4.78 is 16.8. The molecule has 6 nitrogen and oxygen atoms in total. The van der Waals surface area contributed by atoms with Crippen LogP contribution in [0, 0.1) is 0 Å². The van der Waals surface area contributed by atoms with Gasteiger partial charge in [-0.25, -0.2) is 5.01 Å². The van der Waals surface area contributed by atoms with Crippen molar-refractivity contribution in [1.29, 1.82) is 0 Å². The van der Waals surface area contributed by atoms with Crippen molar-refractivity contribution >= 4 is 27.5 Å².